The van der Waals surface area contributed by atoms with Gasteiger partial charge in [0.15, 0.2) is 0 Å². The molecular weight excluding hydrogens is 384 g/mol. The number of rotatable bonds is 10. The van der Waals surface area contributed by atoms with Gasteiger partial charge in [0.05, 0.1) is 27.3 Å². The van der Waals surface area contributed by atoms with Gasteiger partial charge >= 0.3 is 11.9 Å². The molecule has 0 saturated heterocycles. The molecule has 0 fully saturated rings. The van der Waals surface area contributed by atoms with E-state index in [-0.39, 0.29) is 0 Å². The number of hydrogen-bond donors (Lipinski definition) is 0. The van der Waals surface area contributed by atoms with E-state index in [2.05, 4.69) is 19.9 Å². The zero-order valence-corrected chi connectivity index (χ0v) is 16.9. The van der Waals surface area contributed by atoms with Crippen LogP contribution in [0.15, 0.2) is 95.7 Å². The van der Waals surface area contributed by atoms with Crippen molar-refractivity contribution in [2.45, 2.75) is 13.1 Å². The molecule has 30 heavy (non-hydrogen) atoms. The normalized spacial score (nSPS) is 11.1. The van der Waals surface area contributed by atoms with Crippen molar-refractivity contribution in [2.24, 2.45) is 10.4 Å². The molecule has 0 atom stereocenters. The Morgan fingerprint density at radius 3 is 1.43 bits per heavy atom. The number of methoxy groups -OCH3 is 2. The Labute approximate surface area is 175 Å². The number of esters is 2. The largest absolute Gasteiger partial charge is 0.466 e. The van der Waals surface area contributed by atoms with Crippen LogP contribution in [0.2, 0.25) is 0 Å². The van der Waals surface area contributed by atoms with Crippen molar-refractivity contribution in [3.05, 3.63) is 96.3 Å². The lowest BCUT2D eigenvalue weighted by Gasteiger charge is -2.16. The molecule has 0 unspecified atom stereocenters. The number of nitrogens with zero attached hydrogens (tertiary/aromatic N) is 4. The molecule has 0 radical (unpaired) electrons. The van der Waals surface area contributed by atoms with Gasteiger partial charge < -0.3 is 9.47 Å². The van der Waals surface area contributed by atoms with Gasteiger partial charge in [-0.05, 0) is 21.6 Å². The molecule has 8 heteroatoms. The van der Waals surface area contributed by atoms with E-state index in [1.807, 2.05) is 60.7 Å². The smallest absolute Gasteiger partial charge is 0.332 e. The first-order valence-electron chi connectivity index (χ1n) is 9.15. The van der Waals surface area contributed by atoms with E-state index in [0.717, 1.165) is 11.1 Å². The van der Waals surface area contributed by atoms with Gasteiger partial charge in [-0.3, -0.25) is 0 Å². The van der Waals surface area contributed by atoms with Crippen LogP contribution in [0.25, 0.3) is 0 Å². The summed E-state index contributed by atoms with van der Waals surface area (Å²) >= 11 is 0. The molecule has 0 aliphatic carbocycles. The summed E-state index contributed by atoms with van der Waals surface area (Å²) in [5.74, 6) is -1.01. The molecule has 0 saturated carbocycles. The highest BCUT2D eigenvalue weighted by Gasteiger charge is 2.05. The van der Waals surface area contributed by atoms with Crippen molar-refractivity contribution < 1.29 is 19.1 Å². The second-order valence-electron chi connectivity index (χ2n) is 6.02. The summed E-state index contributed by atoms with van der Waals surface area (Å²) in [6, 6.07) is 19.2. The lowest BCUT2D eigenvalue weighted by molar-refractivity contribution is -0.135. The third-order valence-electron chi connectivity index (χ3n) is 3.81. The topological polar surface area (TPSA) is 83.8 Å². The van der Waals surface area contributed by atoms with Crippen molar-refractivity contribution in [1.82, 2.24) is 10.0 Å². The zero-order chi connectivity index (χ0) is 21.6. The average Bonchev–Trinajstić information content (AvgIpc) is 2.79. The Balaban J connectivity index is 2.21. The summed E-state index contributed by atoms with van der Waals surface area (Å²) in [6.45, 7) is 0.773. The van der Waals surface area contributed by atoms with Gasteiger partial charge in [0, 0.05) is 24.6 Å². The summed E-state index contributed by atoms with van der Waals surface area (Å²) in [7, 11) is 2.60. The van der Waals surface area contributed by atoms with Crippen LogP contribution >= 0.6 is 0 Å². The highest BCUT2D eigenvalue weighted by molar-refractivity contribution is 5.81. The first kappa shape index (κ1) is 22.4. The highest BCUT2D eigenvalue weighted by Crippen LogP contribution is 2.10. The van der Waals surface area contributed by atoms with Crippen molar-refractivity contribution >= 4 is 11.9 Å². The van der Waals surface area contributed by atoms with Crippen LogP contribution in [0.4, 0.5) is 0 Å². The fourth-order valence-electron chi connectivity index (χ4n) is 2.30. The minimum absolute atomic E-state index is 0.387. The monoisotopic (exact) mass is 408 g/mol. The third-order valence-corrected chi connectivity index (χ3v) is 3.81. The first-order chi connectivity index (χ1) is 14.6. The molecule has 0 aliphatic heterocycles. The second-order valence-corrected chi connectivity index (χ2v) is 6.02. The number of ether oxygens (including phenoxy) is 2. The van der Waals surface area contributed by atoms with Crippen LogP contribution in [0.5, 0.6) is 0 Å². The summed E-state index contributed by atoms with van der Waals surface area (Å²) in [5, 5.41) is 11.4. The molecule has 156 valence electrons. The maximum atomic E-state index is 11.5. The lowest BCUT2D eigenvalue weighted by atomic mass is 10.2. The first-order valence-corrected chi connectivity index (χ1v) is 9.15. The summed E-state index contributed by atoms with van der Waals surface area (Å²) in [5.41, 5.74) is 1.95. The predicted molar refractivity (Wildman–Crippen MR) is 111 cm³/mol. The van der Waals surface area contributed by atoms with E-state index < -0.39 is 11.9 Å². The van der Waals surface area contributed by atoms with Crippen molar-refractivity contribution in [2.75, 3.05) is 14.2 Å². The van der Waals surface area contributed by atoms with Crippen LogP contribution in [-0.2, 0) is 32.2 Å². The number of benzene rings is 2. The van der Waals surface area contributed by atoms with Crippen molar-refractivity contribution in [3.8, 4) is 0 Å². The van der Waals surface area contributed by atoms with Crippen LogP contribution in [0.1, 0.15) is 11.1 Å². The minimum atomic E-state index is -0.505. The predicted octanol–water partition coefficient (Wildman–Crippen LogP) is 3.65. The number of carbonyl (C=O) groups is 2. The van der Waals surface area contributed by atoms with E-state index in [0.29, 0.717) is 13.1 Å². The van der Waals surface area contributed by atoms with Gasteiger partial charge in [0.25, 0.3) is 0 Å². The van der Waals surface area contributed by atoms with E-state index in [9.17, 15) is 9.59 Å². The van der Waals surface area contributed by atoms with E-state index in [1.165, 1.54) is 48.8 Å². The fourth-order valence-corrected chi connectivity index (χ4v) is 2.30. The van der Waals surface area contributed by atoms with Crippen LogP contribution in [0, 0.1) is 0 Å². The molecule has 0 amide bonds. The van der Waals surface area contributed by atoms with E-state index in [4.69, 9.17) is 0 Å². The van der Waals surface area contributed by atoms with Crippen molar-refractivity contribution in [1.29, 1.82) is 0 Å². The molecule has 2 aromatic carbocycles. The zero-order valence-electron chi connectivity index (χ0n) is 16.9. The maximum Gasteiger partial charge on any atom is 0.332 e. The van der Waals surface area contributed by atoms with E-state index >= 15 is 0 Å². The molecule has 0 aromatic heterocycles. The lowest BCUT2D eigenvalue weighted by Crippen LogP contribution is -2.14. The molecule has 0 aliphatic rings. The number of carbonyl (C=O) groups excluding carboxylic acids is 2. The molecule has 2 aromatic rings. The van der Waals surface area contributed by atoms with Crippen LogP contribution in [-0.4, -0.2) is 36.2 Å². The molecule has 8 nitrogen and oxygen atoms in total. The molecule has 0 bridgehead atoms. The molecule has 0 spiro atoms. The SMILES string of the molecule is COC(=O)/C=C\N(Cc1ccccc1)/N=N\N(/C=C/C(=O)OC)Cc1ccccc1. The molecular formula is C22H24N4O4. The van der Waals surface area contributed by atoms with Gasteiger partial charge in [0.2, 0.25) is 0 Å². The van der Waals surface area contributed by atoms with Gasteiger partial charge in [-0.25, -0.2) is 19.6 Å². The standard InChI is InChI=1S/C22H24N4O4/c1-29-21(27)13-15-25(17-19-9-5-3-6-10-19)23-24-26(16-14-22(28)30-2)18-20-11-7-4-8-12-20/h3-16H,17-18H2,1-2H3/b15-13-,16-14+,24-23-. The van der Waals surface area contributed by atoms with Gasteiger partial charge in [0.1, 0.15) is 0 Å². The summed E-state index contributed by atoms with van der Waals surface area (Å²) in [6.07, 6.45) is 5.47. The molecule has 2 rings (SSSR count). The Morgan fingerprint density at radius 1 is 0.733 bits per heavy atom. The number of hydrogen-bond acceptors (Lipinski definition) is 6. The Kier molecular flexibility index (Phi) is 9.32. The Hall–Kier alpha value is -3.94. The quantitative estimate of drug-likeness (QED) is 0.258. The third kappa shape index (κ3) is 8.39. The van der Waals surface area contributed by atoms with Crippen molar-refractivity contribution in [3.63, 3.8) is 0 Å². The van der Waals surface area contributed by atoms with Crippen LogP contribution in [0.3, 0.4) is 0 Å². The highest BCUT2D eigenvalue weighted by atomic mass is 16.5. The van der Waals surface area contributed by atoms with E-state index in [1.54, 1.807) is 0 Å². The average molecular weight is 408 g/mol. The minimum Gasteiger partial charge on any atom is -0.466 e. The summed E-state index contributed by atoms with van der Waals surface area (Å²) < 4.78 is 9.27. The maximum absolute atomic E-state index is 11.5. The summed E-state index contributed by atoms with van der Waals surface area (Å²) in [4.78, 5) is 23.0. The fraction of sp³-hybridized carbons (Fsp3) is 0.182. The second kappa shape index (κ2) is 12.5. The molecule has 0 N–H and O–H groups in total. The van der Waals surface area contributed by atoms with Gasteiger partial charge in [-0.2, -0.15) is 0 Å². The Bertz CT molecular complexity index is 809. The van der Waals surface area contributed by atoms with Gasteiger partial charge in [-0.1, -0.05) is 60.7 Å². The van der Waals surface area contributed by atoms with Crippen LogP contribution < -0.4 is 0 Å². The van der Waals surface area contributed by atoms with Gasteiger partial charge in [-0.15, -0.1) is 0 Å². The Morgan fingerprint density at radius 2 is 1.10 bits per heavy atom. The molecule has 0 heterocycles.